The molecule has 1 aromatic heterocycles. The van der Waals surface area contributed by atoms with E-state index in [1.165, 1.54) is 24.8 Å². The van der Waals surface area contributed by atoms with E-state index in [2.05, 4.69) is 29.4 Å². The SMILES string of the molecule is CCCCc1ccc(NC(=O)N2CCC(c3nc(C(=O)N4CCCCC4)cs3)CC2)cc1. The zero-order valence-corrected chi connectivity index (χ0v) is 19.8. The van der Waals surface area contributed by atoms with Crippen LogP contribution in [0.15, 0.2) is 29.6 Å². The Balaban J connectivity index is 1.26. The zero-order chi connectivity index (χ0) is 22.3. The zero-order valence-electron chi connectivity index (χ0n) is 19.0. The van der Waals surface area contributed by atoms with Gasteiger partial charge in [-0.1, -0.05) is 25.5 Å². The highest BCUT2D eigenvalue weighted by Gasteiger charge is 2.27. The minimum absolute atomic E-state index is 0.0372. The predicted octanol–water partition coefficient (Wildman–Crippen LogP) is 5.52. The molecule has 1 N–H and O–H groups in total. The van der Waals surface area contributed by atoms with Crippen molar-refractivity contribution in [3.8, 4) is 0 Å². The predicted molar refractivity (Wildman–Crippen MR) is 129 cm³/mol. The number of aryl methyl sites for hydroxylation is 1. The van der Waals surface area contributed by atoms with Crippen molar-refractivity contribution in [3.05, 3.63) is 45.9 Å². The van der Waals surface area contributed by atoms with E-state index in [1.54, 1.807) is 11.3 Å². The van der Waals surface area contributed by atoms with Gasteiger partial charge in [0.1, 0.15) is 5.69 Å². The Kier molecular flexibility index (Phi) is 7.79. The fraction of sp³-hybridized carbons (Fsp3) is 0.560. The van der Waals surface area contributed by atoms with Crippen LogP contribution in [0.4, 0.5) is 10.5 Å². The molecule has 2 fully saturated rings. The molecule has 7 heteroatoms. The Labute approximate surface area is 195 Å². The van der Waals surface area contributed by atoms with Gasteiger partial charge in [0, 0.05) is 43.2 Å². The quantitative estimate of drug-likeness (QED) is 0.625. The molecule has 3 amide bonds. The third kappa shape index (κ3) is 5.68. The second-order valence-corrected chi connectivity index (χ2v) is 9.81. The van der Waals surface area contributed by atoms with Crippen LogP contribution in [0.5, 0.6) is 0 Å². The smallest absolute Gasteiger partial charge is 0.321 e. The van der Waals surface area contributed by atoms with Crippen molar-refractivity contribution in [3.63, 3.8) is 0 Å². The fourth-order valence-corrected chi connectivity index (χ4v) is 5.47. The number of carbonyl (C=O) groups is 2. The molecule has 0 unspecified atom stereocenters. The van der Waals surface area contributed by atoms with E-state index < -0.39 is 0 Å². The number of rotatable bonds is 6. The number of thiazole rings is 1. The van der Waals surface area contributed by atoms with Crippen molar-refractivity contribution < 1.29 is 9.59 Å². The van der Waals surface area contributed by atoms with Crippen LogP contribution in [0.25, 0.3) is 0 Å². The lowest BCUT2D eigenvalue weighted by Gasteiger charge is -2.31. The van der Waals surface area contributed by atoms with Gasteiger partial charge in [-0.3, -0.25) is 4.79 Å². The maximum absolute atomic E-state index is 12.7. The van der Waals surface area contributed by atoms with Crippen molar-refractivity contribution in [1.29, 1.82) is 0 Å². The molecule has 3 heterocycles. The summed E-state index contributed by atoms with van der Waals surface area (Å²) in [6, 6.07) is 8.15. The number of likely N-dealkylation sites (tertiary alicyclic amines) is 2. The summed E-state index contributed by atoms with van der Waals surface area (Å²) in [5.74, 6) is 0.398. The number of unbranched alkanes of at least 4 members (excludes halogenated alkanes) is 1. The average Bonchev–Trinajstić information content (AvgIpc) is 3.34. The molecular formula is C25H34N4O2S. The van der Waals surface area contributed by atoms with Gasteiger partial charge in [0.2, 0.25) is 0 Å². The standard InChI is InChI=1S/C25H34N4O2S/c1-2-3-7-19-8-10-21(11-9-19)26-25(31)29-16-12-20(13-17-29)23-27-22(18-32-23)24(30)28-14-5-4-6-15-28/h8-11,18,20H,2-7,12-17H2,1H3,(H,26,31). The van der Waals surface area contributed by atoms with Gasteiger partial charge in [-0.2, -0.15) is 0 Å². The van der Waals surface area contributed by atoms with Crippen LogP contribution in [-0.4, -0.2) is 52.9 Å². The molecule has 172 valence electrons. The van der Waals surface area contributed by atoms with Crippen LogP contribution in [0.3, 0.4) is 0 Å². The molecule has 4 rings (SSSR count). The maximum atomic E-state index is 12.7. The van der Waals surface area contributed by atoms with Gasteiger partial charge >= 0.3 is 6.03 Å². The van der Waals surface area contributed by atoms with Crippen LogP contribution < -0.4 is 5.32 Å². The lowest BCUT2D eigenvalue weighted by atomic mass is 9.98. The van der Waals surface area contributed by atoms with Gasteiger partial charge in [0.25, 0.3) is 5.91 Å². The Morgan fingerprint density at radius 2 is 1.75 bits per heavy atom. The summed E-state index contributed by atoms with van der Waals surface area (Å²) in [5, 5.41) is 5.98. The summed E-state index contributed by atoms with van der Waals surface area (Å²) in [6.07, 6.45) is 8.61. The molecule has 0 aliphatic carbocycles. The van der Waals surface area contributed by atoms with Gasteiger partial charge in [-0.05, 0) is 62.6 Å². The van der Waals surface area contributed by atoms with E-state index in [9.17, 15) is 9.59 Å². The molecular weight excluding hydrogens is 420 g/mol. The second kappa shape index (κ2) is 10.9. The van der Waals surface area contributed by atoms with Crippen molar-refractivity contribution in [2.45, 2.75) is 64.2 Å². The molecule has 2 saturated heterocycles. The van der Waals surface area contributed by atoms with E-state index in [0.29, 0.717) is 24.7 Å². The lowest BCUT2D eigenvalue weighted by Crippen LogP contribution is -2.40. The van der Waals surface area contributed by atoms with Crippen molar-refractivity contribution in [1.82, 2.24) is 14.8 Å². The first-order valence-electron chi connectivity index (χ1n) is 12.0. The molecule has 2 aromatic rings. The Morgan fingerprint density at radius 3 is 2.44 bits per heavy atom. The van der Waals surface area contributed by atoms with E-state index >= 15 is 0 Å². The molecule has 0 saturated carbocycles. The Hall–Kier alpha value is -2.41. The lowest BCUT2D eigenvalue weighted by molar-refractivity contribution is 0.0719. The third-order valence-electron chi connectivity index (χ3n) is 6.54. The van der Waals surface area contributed by atoms with E-state index in [0.717, 1.165) is 55.9 Å². The summed E-state index contributed by atoms with van der Waals surface area (Å²) in [5.41, 5.74) is 2.75. The maximum Gasteiger partial charge on any atom is 0.321 e. The van der Waals surface area contributed by atoms with Crippen LogP contribution in [0.2, 0.25) is 0 Å². The monoisotopic (exact) mass is 454 g/mol. The first-order valence-corrected chi connectivity index (χ1v) is 12.9. The summed E-state index contributed by atoms with van der Waals surface area (Å²) in [7, 11) is 0. The molecule has 0 bridgehead atoms. The van der Waals surface area contributed by atoms with Gasteiger partial charge in [-0.15, -0.1) is 11.3 Å². The number of piperidine rings is 2. The average molecular weight is 455 g/mol. The minimum atomic E-state index is -0.0372. The number of nitrogens with one attached hydrogen (secondary N) is 1. The number of hydrogen-bond acceptors (Lipinski definition) is 4. The van der Waals surface area contributed by atoms with Crippen molar-refractivity contribution >= 4 is 29.0 Å². The van der Waals surface area contributed by atoms with Crippen LogP contribution in [0.1, 0.15) is 78.8 Å². The minimum Gasteiger partial charge on any atom is -0.337 e. The molecule has 0 atom stereocenters. The van der Waals surface area contributed by atoms with Crippen molar-refractivity contribution in [2.75, 3.05) is 31.5 Å². The number of benzene rings is 1. The number of carbonyl (C=O) groups excluding carboxylic acids is 2. The van der Waals surface area contributed by atoms with Crippen LogP contribution >= 0.6 is 11.3 Å². The molecule has 32 heavy (non-hydrogen) atoms. The second-order valence-electron chi connectivity index (χ2n) is 8.92. The van der Waals surface area contributed by atoms with E-state index in [1.807, 2.05) is 27.3 Å². The van der Waals surface area contributed by atoms with Crippen molar-refractivity contribution in [2.24, 2.45) is 0 Å². The molecule has 1 aromatic carbocycles. The third-order valence-corrected chi connectivity index (χ3v) is 7.55. The molecule has 6 nitrogen and oxygen atoms in total. The normalized spacial score (nSPS) is 17.4. The first-order chi connectivity index (χ1) is 15.6. The highest BCUT2D eigenvalue weighted by atomic mass is 32.1. The van der Waals surface area contributed by atoms with E-state index in [-0.39, 0.29) is 11.9 Å². The Bertz CT molecular complexity index is 897. The number of nitrogens with zero attached hydrogens (tertiary/aromatic N) is 3. The first kappa shape index (κ1) is 22.8. The molecule has 0 radical (unpaired) electrons. The Morgan fingerprint density at radius 1 is 1.03 bits per heavy atom. The summed E-state index contributed by atoms with van der Waals surface area (Å²) in [4.78, 5) is 33.9. The number of amides is 3. The number of anilines is 1. The topological polar surface area (TPSA) is 65.5 Å². The largest absolute Gasteiger partial charge is 0.337 e. The van der Waals surface area contributed by atoms with E-state index in [4.69, 9.17) is 0 Å². The van der Waals surface area contributed by atoms with Gasteiger partial charge < -0.3 is 15.1 Å². The summed E-state index contributed by atoms with van der Waals surface area (Å²) in [6.45, 7) is 5.31. The number of aromatic nitrogens is 1. The summed E-state index contributed by atoms with van der Waals surface area (Å²) < 4.78 is 0. The van der Waals surface area contributed by atoms with Crippen LogP contribution in [0, 0.1) is 0 Å². The van der Waals surface area contributed by atoms with Crippen LogP contribution in [-0.2, 0) is 6.42 Å². The fourth-order valence-electron chi connectivity index (χ4n) is 4.50. The van der Waals surface area contributed by atoms with Gasteiger partial charge in [0.15, 0.2) is 0 Å². The highest BCUT2D eigenvalue weighted by molar-refractivity contribution is 7.09. The number of hydrogen-bond donors (Lipinski definition) is 1. The molecule has 2 aliphatic rings. The highest BCUT2D eigenvalue weighted by Crippen LogP contribution is 2.31. The number of urea groups is 1. The summed E-state index contributed by atoms with van der Waals surface area (Å²) >= 11 is 1.59. The van der Waals surface area contributed by atoms with Gasteiger partial charge in [0.05, 0.1) is 5.01 Å². The van der Waals surface area contributed by atoms with Gasteiger partial charge in [-0.25, -0.2) is 9.78 Å². The molecule has 2 aliphatic heterocycles. The molecule has 0 spiro atoms.